The molecule has 0 saturated carbocycles. The number of halogens is 1. The highest BCUT2D eigenvalue weighted by atomic mass is 35.5. The standard InChI is InChI=1S/C19H19ClN2O4/c1-12(23)22-16(14-3-2-4-15(20)8-14)9-19(24)21-10-13-5-6-17-18(7-13)26-11-25-17/h2-8,16H,9-11H2,1H3,(H,21,24)(H,22,23). The highest BCUT2D eigenvalue weighted by molar-refractivity contribution is 6.30. The van der Waals surface area contributed by atoms with Crippen LogP contribution in [0.1, 0.15) is 30.5 Å². The fraction of sp³-hybridized carbons (Fsp3) is 0.263. The van der Waals surface area contributed by atoms with Crippen molar-refractivity contribution in [1.82, 2.24) is 10.6 Å². The zero-order valence-corrected chi connectivity index (χ0v) is 15.0. The summed E-state index contributed by atoms with van der Waals surface area (Å²) >= 11 is 6.01. The maximum atomic E-state index is 12.3. The van der Waals surface area contributed by atoms with Gasteiger partial charge in [0.1, 0.15) is 0 Å². The number of hydrogen-bond acceptors (Lipinski definition) is 4. The van der Waals surface area contributed by atoms with Gasteiger partial charge in [0.05, 0.1) is 12.5 Å². The molecule has 0 aliphatic carbocycles. The molecule has 1 unspecified atom stereocenters. The van der Waals surface area contributed by atoms with E-state index in [1.54, 1.807) is 18.2 Å². The van der Waals surface area contributed by atoms with Crippen LogP contribution in [0.25, 0.3) is 0 Å². The second-order valence-corrected chi connectivity index (χ2v) is 6.41. The van der Waals surface area contributed by atoms with E-state index in [0.717, 1.165) is 11.1 Å². The summed E-state index contributed by atoms with van der Waals surface area (Å²) in [5, 5.41) is 6.20. The van der Waals surface area contributed by atoms with Gasteiger partial charge < -0.3 is 20.1 Å². The summed E-state index contributed by atoms with van der Waals surface area (Å²) in [5.74, 6) is 0.985. The smallest absolute Gasteiger partial charge is 0.231 e. The molecule has 0 saturated heterocycles. The molecule has 26 heavy (non-hydrogen) atoms. The Morgan fingerprint density at radius 2 is 1.96 bits per heavy atom. The van der Waals surface area contributed by atoms with Gasteiger partial charge in [-0.1, -0.05) is 29.8 Å². The largest absolute Gasteiger partial charge is 0.454 e. The van der Waals surface area contributed by atoms with Crippen molar-refractivity contribution >= 4 is 23.4 Å². The van der Waals surface area contributed by atoms with Crippen LogP contribution in [-0.4, -0.2) is 18.6 Å². The number of ether oxygens (including phenoxy) is 2. The van der Waals surface area contributed by atoms with Gasteiger partial charge in [-0.15, -0.1) is 0 Å². The summed E-state index contributed by atoms with van der Waals surface area (Å²) in [6.07, 6.45) is 0.116. The van der Waals surface area contributed by atoms with Gasteiger partial charge >= 0.3 is 0 Å². The predicted octanol–water partition coefficient (Wildman–Crippen LogP) is 2.95. The zero-order chi connectivity index (χ0) is 18.5. The van der Waals surface area contributed by atoms with E-state index < -0.39 is 6.04 Å². The van der Waals surface area contributed by atoms with Crippen molar-refractivity contribution in [2.75, 3.05) is 6.79 Å². The number of nitrogens with one attached hydrogen (secondary N) is 2. The third-order valence-electron chi connectivity index (χ3n) is 3.94. The minimum absolute atomic E-state index is 0.116. The summed E-state index contributed by atoms with van der Waals surface area (Å²) in [6.45, 7) is 1.99. The van der Waals surface area contributed by atoms with Crippen molar-refractivity contribution in [1.29, 1.82) is 0 Å². The third-order valence-corrected chi connectivity index (χ3v) is 4.18. The van der Waals surface area contributed by atoms with Crippen LogP contribution in [0.4, 0.5) is 0 Å². The SMILES string of the molecule is CC(=O)NC(CC(=O)NCc1ccc2c(c1)OCO2)c1cccc(Cl)c1. The number of carbonyl (C=O) groups is 2. The fourth-order valence-electron chi connectivity index (χ4n) is 2.73. The fourth-order valence-corrected chi connectivity index (χ4v) is 2.93. The van der Waals surface area contributed by atoms with Gasteiger partial charge in [-0.25, -0.2) is 0 Å². The van der Waals surface area contributed by atoms with E-state index in [9.17, 15) is 9.59 Å². The first-order valence-electron chi connectivity index (χ1n) is 8.19. The van der Waals surface area contributed by atoms with E-state index in [4.69, 9.17) is 21.1 Å². The number of amides is 2. The van der Waals surface area contributed by atoms with Crippen molar-refractivity contribution in [3.8, 4) is 11.5 Å². The normalized spacial score (nSPS) is 13.2. The average molecular weight is 375 g/mol. The molecule has 2 amide bonds. The molecule has 1 heterocycles. The van der Waals surface area contributed by atoms with Crippen LogP contribution in [0.5, 0.6) is 11.5 Å². The molecule has 0 aromatic heterocycles. The van der Waals surface area contributed by atoms with E-state index in [0.29, 0.717) is 23.1 Å². The molecule has 2 aromatic rings. The van der Waals surface area contributed by atoms with E-state index >= 15 is 0 Å². The lowest BCUT2D eigenvalue weighted by atomic mass is 10.0. The van der Waals surface area contributed by atoms with Crippen LogP contribution in [0.3, 0.4) is 0 Å². The first kappa shape index (κ1) is 18.1. The Hall–Kier alpha value is -2.73. The van der Waals surface area contributed by atoms with Crippen molar-refractivity contribution in [3.05, 3.63) is 58.6 Å². The molecule has 136 valence electrons. The quantitative estimate of drug-likeness (QED) is 0.815. The molecule has 3 rings (SSSR count). The summed E-state index contributed by atoms with van der Waals surface area (Å²) in [4.78, 5) is 23.8. The molecule has 1 atom stereocenters. The minimum atomic E-state index is -0.442. The Morgan fingerprint density at radius 1 is 1.15 bits per heavy atom. The molecule has 0 radical (unpaired) electrons. The molecule has 0 fully saturated rings. The minimum Gasteiger partial charge on any atom is -0.454 e. The second-order valence-electron chi connectivity index (χ2n) is 5.98. The number of benzene rings is 2. The Bertz CT molecular complexity index is 825. The van der Waals surface area contributed by atoms with E-state index in [1.807, 2.05) is 24.3 Å². The zero-order valence-electron chi connectivity index (χ0n) is 14.3. The van der Waals surface area contributed by atoms with E-state index in [2.05, 4.69) is 10.6 Å². The Labute approximate surface area is 156 Å². The van der Waals surface area contributed by atoms with Gasteiger partial charge in [0.25, 0.3) is 0 Å². The first-order chi connectivity index (χ1) is 12.5. The molecular formula is C19H19ClN2O4. The third kappa shape index (κ3) is 4.67. The van der Waals surface area contributed by atoms with Crippen molar-refractivity contribution in [2.24, 2.45) is 0 Å². The van der Waals surface area contributed by atoms with Crippen LogP contribution < -0.4 is 20.1 Å². The van der Waals surface area contributed by atoms with E-state index in [1.165, 1.54) is 6.92 Å². The van der Waals surface area contributed by atoms with Crippen molar-refractivity contribution in [2.45, 2.75) is 25.9 Å². The van der Waals surface area contributed by atoms with E-state index in [-0.39, 0.29) is 25.0 Å². The Balaban J connectivity index is 1.61. The van der Waals surface area contributed by atoms with Crippen LogP contribution in [0.2, 0.25) is 5.02 Å². The molecule has 2 aromatic carbocycles. The lowest BCUT2D eigenvalue weighted by Crippen LogP contribution is -2.32. The lowest BCUT2D eigenvalue weighted by molar-refractivity contribution is -0.122. The van der Waals surface area contributed by atoms with Crippen molar-refractivity contribution < 1.29 is 19.1 Å². The summed E-state index contributed by atoms with van der Waals surface area (Å²) in [5.41, 5.74) is 1.69. The second kappa shape index (κ2) is 8.10. The molecular weight excluding hydrogens is 356 g/mol. The lowest BCUT2D eigenvalue weighted by Gasteiger charge is -2.18. The highest BCUT2D eigenvalue weighted by Crippen LogP contribution is 2.32. The van der Waals surface area contributed by atoms with Gasteiger partial charge in [0.15, 0.2) is 11.5 Å². The monoisotopic (exact) mass is 374 g/mol. The summed E-state index contributed by atoms with van der Waals surface area (Å²) in [7, 11) is 0. The highest BCUT2D eigenvalue weighted by Gasteiger charge is 2.18. The van der Waals surface area contributed by atoms with Crippen LogP contribution in [-0.2, 0) is 16.1 Å². The first-order valence-corrected chi connectivity index (χ1v) is 8.57. The molecule has 2 N–H and O–H groups in total. The Morgan fingerprint density at radius 3 is 2.73 bits per heavy atom. The maximum absolute atomic E-state index is 12.3. The summed E-state index contributed by atoms with van der Waals surface area (Å²) in [6, 6.07) is 12.2. The topological polar surface area (TPSA) is 76.7 Å². The van der Waals surface area contributed by atoms with Gasteiger partial charge in [-0.05, 0) is 35.4 Å². The van der Waals surface area contributed by atoms with Gasteiger partial charge in [-0.3, -0.25) is 9.59 Å². The number of hydrogen-bond donors (Lipinski definition) is 2. The molecule has 0 spiro atoms. The predicted molar refractivity (Wildman–Crippen MR) is 97.0 cm³/mol. The molecule has 1 aliphatic heterocycles. The molecule has 0 bridgehead atoms. The number of rotatable bonds is 6. The number of fused-ring (bicyclic) bond motifs is 1. The van der Waals surface area contributed by atoms with Crippen LogP contribution >= 0.6 is 11.6 Å². The molecule has 7 heteroatoms. The van der Waals surface area contributed by atoms with Gasteiger partial charge in [0.2, 0.25) is 18.6 Å². The van der Waals surface area contributed by atoms with Crippen LogP contribution in [0, 0.1) is 0 Å². The molecule has 6 nitrogen and oxygen atoms in total. The number of carbonyl (C=O) groups excluding carboxylic acids is 2. The van der Waals surface area contributed by atoms with Crippen molar-refractivity contribution in [3.63, 3.8) is 0 Å². The van der Waals surface area contributed by atoms with Gasteiger partial charge in [0, 0.05) is 18.5 Å². The Kier molecular flexibility index (Phi) is 5.63. The maximum Gasteiger partial charge on any atom is 0.231 e. The van der Waals surface area contributed by atoms with Gasteiger partial charge in [-0.2, -0.15) is 0 Å². The van der Waals surface area contributed by atoms with Crippen LogP contribution in [0.15, 0.2) is 42.5 Å². The average Bonchev–Trinajstić information content (AvgIpc) is 3.07. The molecule has 1 aliphatic rings. The summed E-state index contributed by atoms with van der Waals surface area (Å²) < 4.78 is 10.6.